The molecule has 0 nitrogen and oxygen atoms in total. The summed E-state index contributed by atoms with van der Waals surface area (Å²) in [6, 6.07) is 4.35. The van der Waals surface area contributed by atoms with Gasteiger partial charge in [-0.25, -0.2) is 0 Å². The van der Waals surface area contributed by atoms with Gasteiger partial charge in [0.2, 0.25) is 0 Å². The zero-order chi connectivity index (χ0) is 11.5. The maximum Gasteiger partial charge on any atom is 0.416 e. The van der Waals surface area contributed by atoms with Crippen LogP contribution in [0.5, 0.6) is 0 Å². The highest BCUT2D eigenvalue weighted by Gasteiger charge is 2.30. The van der Waals surface area contributed by atoms with Crippen molar-refractivity contribution in [2.75, 3.05) is 0 Å². The van der Waals surface area contributed by atoms with Crippen LogP contribution in [0.1, 0.15) is 37.0 Å². The van der Waals surface area contributed by atoms with Crippen LogP contribution in [0.25, 0.3) is 0 Å². The Balaban J connectivity index is 3.11. The molecule has 0 aliphatic rings. The van der Waals surface area contributed by atoms with Crippen LogP contribution in [0.3, 0.4) is 0 Å². The second-order valence-electron chi connectivity index (χ2n) is 3.64. The Bertz CT molecular complexity index is 326. The first-order valence-electron chi connectivity index (χ1n) is 5.17. The van der Waals surface area contributed by atoms with Crippen molar-refractivity contribution in [2.45, 2.75) is 39.3 Å². The largest absolute Gasteiger partial charge is 0.416 e. The smallest absolute Gasteiger partial charge is 0.166 e. The number of halogens is 3. The monoisotopic (exact) mass is 216 g/mol. The molecule has 0 amide bonds. The zero-order valence-corrected chi connectivity index (χ0v) is 8.99. The fraction of sp³-hybridized carbons (Fsp3) is 0.500. The van der Waals surface area contributed by atoms with Gasteiger partial charge >= 0.3 is 6.18 Å². The van der Waals surface area contributed by atoms with E-state index in [4.69, 9.17) is 0 Å². The van der Waals surface area contributed by atoms with Crippen LogP contribution in [-0.4, -0.2) is 0 Å². The van der Waals surface area contributed by atoms with Gasteiger partial charge in [-0.05, 0) is 36.1 Å². The highest BCUT2D eigenvalue weighted by Crippen LogP contribution is 2.31. The molecule has 0 aliphatic carbocycles. The molecule has 1 aromatic carbocycles. The zero-order valence-electron chi connectivity index (χ0n) is 8.99. The van der Waals surface area contributed by atoms with Gasteiger partial charge in [-0.2, -0.15) is 13.2 Å². The van der Waals surface area contributed by atoms with E-state index >= 15 is 0 Å². The second kappa shape index (κ2) is 4.69. The van der Waals surface area contributed by atoms with Crippen LogP contribution in [0.4, 0.5) is 13.2 Å². The fourth-order valence-corrected chi connectivity index (χ4v) is 1.56. The number of alkyl halides is 3. The molecule has 15 heavy (non-hydrogen) atoms. The Hall–Kier alpha value is -0.990. The maximum atomic E-state index is 12.5. The normalized spacial score (nSPS) is 11.8. The summed E-state index contributed by atoms with van der Waals surface area (Å²) >= 11 is 0. The van der Waals surface area contributed by atoms with E-state index < -0.39 is 11.7 Å². The predicted octanol–water partition coefficient (Wildman–Crippen LogP) is 4.22. The number of aryl methyl sites for hydroxylation is 2. The summed E-state index contributed by atoms with van der Waals surface area (Å²) in [7, 11) is 0. The van der Waals surface area contributed by atoms with Crippen molar-refractivity contribution in [1.82, 2.24) is 0 Å². The van der Waals surface area contributed by atoms with Gasteiger partial charge < -0.3 is 0 Å². The molecule has 0 spiro atoms. The summed E-state index contributed by atoms with van der Waals surface area (Å²) in [6.45, 7) is 3.83. The topological polar surface area (TPSA) is 0 Å². The summed E-state index contributed by atoms with van der Waals surface area (Å²) in [5, 5.41) is 0. The van der Waals surface area contributed by atoms with Crippen molar-refractivity contribution < 1.29 is 13.2 Å². The van der Waals surface area contributed by atoms with Crippen LogP contribution in [0, 0.1) is 0 Å². The quantitative estimate of drug-likeness (QED) is 0.709. The highest BCUT2D eigenvalue weighted by molar-refractivity contribution is 5.32. The molecule has 0 unspecified atom stereocenters. The maximum absolute atomic E-state index is 12.5. The molecule has 0 aromatic heterocycles. The first-order chi connectivity index (χ1) is 6.97. The van der Waals surface area contributed by atoms with E-state index in [1.807, 2.05) is 19.9 Å². The summed E-state index contributed by atoms with van der Waals surface area (Å²) in [5.74, 6) is 0. The summed E-state index contributed by atoms with van der Waals surface area (Å²) < 4.78 is 37.6. The second-order valence-corrected chi connectivity index (χ2v) is 3.64. The molecule has 0 radical (unpaired) electrons. The molecule has 0 fully saturated rings. The SMILES string of the molecule is CCCc1cc(CC)cc(C(F)(F)F)c1. The molecule has 0 atom stereocenters. The summed E-state index contributed by atoms with van der Waals surface area (Å²) in [4.78, 5) is 0. The molecule has 1 aromatic rings. The lowest BCUT2D eigenvalue weighted by Gasteiger charge is -2.11. The van der Waals surface area contributed by atoms with Crippen molar-refractivity contribution in [3.05, 3.63) is 34.9 Å². The molecule has 84 valence electrons. The van der Waals surface area contributed by atoms with Gasteiger partial charge in [0.15, 0.2) is 0 Å². The molecule has 1 rings (SSSR count). The van der Waals surface area contributed by atoms with Crippen LogP contribution in [0.2, 0.25) is 0 Å². The number of benzene rings is 1. The van der Waals surface area contributed by atoms with Gasteiger partial charge in [-0.1, -0.05) is 26.3 Å². The van der Waals surface area contributed by atoms with E-state index in [1.165, 1.54) is 12.1 Å². The van der Waals surface area contributed by atoms with E-state index in [9.17, 15) is 13.2 Å². The van der Waals surface area contributed by atoms with Gasteiger partial charge in [-0.15, -0.1) is 0 Å². The molecular formula is C12H15F3. The van der Waals surface area contributed by atoms with Gasteiger partial charge in [0.05, 0.1) is 5.56 Å². The van der Waals surface area contributed by atoms with E-state index in [0.29, 0.717) is 12.8 Å². The first kappa shape index (κ1) is 12.1. The van der Waals surface area contributed by atoms with Crippen LogP contribution < -0.4 is 0 Å². The third-order valence-corrected chi connectivity index (χ3v) is 2.33. The lowest BCUT2D eigenvalue weighted by Crippen LogP contribution is -2.06. The molecule has 0 heterocycles. The molecule has 0 N–H and O–H groups in total. The molecule has 0 bridgehead atoms. The van der Waals surface area contributed by atoms with Gasteiger partial charge in [-0.3, -0.25) is 0 Å². The lowest BCUT2D eigenvalue weighted by atomic mass is 10.0. The van der Waals surface area contributed by atoms with Crippen LogP contribution in [-0.2, 0) is 19.0 Å². The first-order valence-corrected chi connectivity index (χ1v) is 5.17. The standard InChI is InChI=1S/C12H15F3/c1-3-5-10-6-9(4-2)7-11(8-10)12(13,14)15/h6-8H,3-5H2,1-2H3. The fourth-order valence-electron chi connectivity index (χ4n) is 1.56. The van der Waals surface area contributed by atoms with Crippen molar-refractivity contribution >= 4 is 0 Å². The van der Waals surface area contributed by atoms with Crippen molar-refractivity contribution in [3.8, 4) is 0 Å². The number of hydrogen-bond acceptors (Lipinski definition) is 0. The molecule has 3 heteroatoms. The third kappa shape index (κ3) is 3.26. The predicted molar refractivity (Wildman–Crippen MR) is 54.8 cm³/mol. The van der Waals surface area contributed by atoms with Gasteiger partial charge in [0.25, 0.3) is 0 Å². The van der Waals surface area contributed by atoms with Crippen LogP contribution >= 0.6 is 0 Å². The molecule has 0 saturated carbocycles. The summed E-state index contributed by atoms with van der Waals surface area (Å²) in [6.07, 6.45) is -2.02. The summed E-state index contributed by atoms with van der Waals surface area (Å²) in [5.41, 5.74) is 1.02. The van der Waals surface area contributed by atoms with Gasteiger partial charge in [0, 0.05) is 0 Å². The molecular weight excluding hydrogens is 201 g/mol. The van der Waals surface area contributed by atoms with E-state index in [-0.39, 0.29) is 0 Å². The van der Waals surface area contributed by atoms with Gasteiger partial charge in [0.1, 0.15) is 0 Å². The Morgan fingerprint density at radius 3 is 2.07 bits per heavy atom. The molecule has 0 saturated heterocycles. The molecule has 0 aliphatic heterocycles. The number of rotatable bonds is 3. The Labute approximate surface area is 88.1 Å². The average Bonchev–Trinajstić information content (AvgIpc) is 2.16. The van der Waals surface area contributed by atoms with E-state index in [0.717, 1.165) is 17.5 Å². The average molecular weight is 216 g/mol. The Morgan fingerprint density at radius 2 is 1.60 bits per heavy atom. The minimum absolute atomic E-state index is 0.523. The number of hydrogen-bond donors (Lipinski definition) is 0. The lowest BCUT2D eigenvalue weighted by molar-refractivity contribution is -0.137. The van der Waals surface area contributed by atoms with Crippen molar-refractivity contribution in [3.63, 3.8) is 0 Å². The van der Waals surface area contributed by atoms with Crippen molar-refractivity contribution in [2.24, 2.45) is 0 Å². The van der Waals surface area contributed by atoms with Crippen molar-refractivity contribution in [1.29, 1.82) is 0 Å². The highest BCUT2D eigenvalue weighted by atomic mass is 19.4. The van der Waals surface area contributed by atoms with Crippen LogP contribution in [0.15, 0.2) is 18.2 Å². The minimum atomic E-state index is -4.23. The van der Waals surface area contributed by atoms with E-state index in [1.54, 1.807) is 0 Å². The van der Waals surface area contributed by atoms with E-state index in [2.05, 4.69) is 0 Å². The third-order valence-electron chi connectivity index (χ3n) is 2.33. The Morgan fingerprint density at radius 1 is 1.00 bits per heavy atom. The minimum Gasteiger partial charge on any atom is -0.166 e. The Kier molecular flexibility index (Phi) is 3.77.